The van der Waals surface area contributed by atoms with E-state index in [9.17, 15) is 14.4 Å². The Morgan fingerprint density at radius 1 is 1.06 bits per heavy atom. The van der Waals surface area contributed by atoms with Crippen molar-refractivity contribution in [1.29, 1.82) is 0 Å². The van der Waals surface area contributed by atoms with Crippen molar-refractivity contribution >= 4 is 29.3 Å². The van der Waals surface area contributed by atoms with Crippen LogP contribution in [0.2, 0.25) is 5.02 Å². The Morgan fingerprint density at radius 2 is 1.82 bits per heavy atom. The van der Waals surface area contributed by atoms with Crippen molar-refractivity contribution in [3.63, 3.8) is 0 Å². The number of likely N-dealkylation sites (tertiary alicyclic amines) is 2. The van der Waals surface area contributed by atoms with Gasteiger partial charge >= 0.3 is 0 Å². The van der Waals surface area contributed by atoms with E-state index in [0.29, 0.717) is 43.8 Å². The summed E-state index contributed by atoms with van der Waals surface area (Å²) < 4.78 is 0. The summed E-state index contributed by atoms with van der Waals surface area (Å²) in [6.45, 7) is 1.88. The van der Waals surface area contributed by atoms with E-state index in [2.05, 4.69) is 12.1 Å². The number of nitrogens with two attached hydrogens (primary N) is 1. The highest BCUT2D eigenvalue weighted by Gasteiger charge is 2.36. The molecule has 2 aromatic carbocycles. The molecule has 2 saturated heterocycles. The molecule has 2 aliphatic rings. The number of amides is 3. The van der Waals surface area contributed by atoms with Crippen LogP contribution in [-0.2, 0) is 27.3 Å². The van der Waals surface area contributed by atoms with Crippen LogP contribution in [0.3, 0.4) is 0 Å². The molecule has 2 atom stereocenters. The second-order valence-electron chi connectivity index (χ2n) is 8.97. The molecule has 2 aromatic rings. The Labute approximate surface area is 199 Å². The number of carbonyl (C=O) groups excluding carboxylic acids is 3. The quantitative estimate of drug-likeness (QED) is 0.674. The maximum atomic E-state index is 13.0. The van der Waals surface area contributed by atoms with Crippen molar-refractivity contribution < 1.29 is 14.4 Å². The first kappa shape index (κ1) is 23.3. The zero-order chi connectivity index (χ0) is 23.4. The molecule has 0 saturated carbocycles. The third-order valence-electron chi connectivity index (χ3n) is 6.82. The van der Waals surface area contributed by atoms with E-state index in [0.717, 1.165) is 36.1 Å². The lowest BCUT2D eigenvalue weighted by Crippen LogP contribution is -2.52. The molecular formula is C26H30ClN3O3. The molecule has 3 amide bonds. The maximum absolute atomic E-state index is 13.0. The Kier molecular flexibility index (Phi) is 7.33. The van der Waals surface area contributed by atoms with Gasteiger partial charge in [-0.05, 0) is 60.4 Å². The molecule has 2 heterocycles. The summed E-state index contributed by atoms with van der Waals surface area (Å²) in [6.07, 6.45) is 3.70. The lowest BCUT2D eigenvalue weighted by molar-refractivity contribution is -0.141. The number of benzene rings is 2. The Balaban J connectivity index is 1.44. The van der Waals surface area contributed by atoms with Crippen LogP contribution < -0.4 is 5.73 Å². The number of hydrogen-bond donors (Lipinski definition) is 1. The van der Waals surface area contributed by atoms with Crippen molar-refractivity contribution in [2.24, 2.45) is 5.73 Å². The van der Waals surface area contributed by atoms with Crippen LogP contribution >= 0.6 is 11.6 Å². The fraction of sp³-hybridized carbons (Fsp3) is 0.423. The molecule has 2 unspecified atom stereocenters. The number of halogens is 1. The first-order valence-electron chi connectivity index (χ1n) is 11.6. The van der Waals surface area contributed by atoms with Crippen molar-refractivity contribution in [2.75, 3.05) is 13.1 Å². The lowest BCUT2D eigenvalue weighted by Gasteiger charge is -2.39. The van der Waals surface area contributed by atoms with Gasteiger partial charge < -0.3 is 15.5 Å². The SMILES string of the molecule is NC(=O)C1CC(c2ccccc2CN2CCCC2=O)CCN1C(=O)CCc1ccc(Cl)cc1. The van der Waals surface area contributed by atoms with Crippen molar-refractivity contribution in [3.05, 3.63) is 70.2 Å². The summed E-state index contributed by atoms with van der Waals surface area (Å²) in [5.41, 5.74) is 9.04. The van der Waals surface area contributed by atoms with Crippen molar-refractivity contribution in [3.8, 4) is 0 Å². The van der Waals surface area contributed by atoms with Gasteiger partial charge in [-0.2, -0.15) is 0 Å². The molecule has 2 aliphatic heterocycles. The number of hydrogen-bond acceptors (Lipinski definition) is 3. The predicted molar refractivity (Wildman–Crippen MR) is 128 cm³/mol. The van der Waals surface area contributed by atoms with E-state index in [-0.39, 0.29) is 17.7 Å². The molecule has 0 aromatic heterocycles. The average molecular weight is 468 g/mol. The Bertz CT molecular complexity index is 1020. The molecule has 6 nitrogen and oxygen atoms in total. The number of rotatable bonds is 7. The van der Waals surface area contributed by atoms with Gasteiger partial charge in [0.15, 0.2) is 0 Å². The topological polar surface area (TPSA) is 83.7 Å². The second-order valence-corrected chi connectivity index (χ2v) is 9.41. The fourth-order valence-corrected chi connectivity index (χ4v) is 5.14. The van der Waals surface area contributed by atoms with Crippen molar-refractivity contribution in [2.45, 2.75) is 57.0 Å². The highest BCUT2D eigenvalue weighted by atomic mass is 35.5. The zero-order valence-electron chi connectivity index (χ0n) is 18.7. The van der Waals surface area contributed by atoms with Gasteiger partial charge in [-0.3, -0.25) is 14.4 Å². The molecule has 174 valence electrons. The molecule has 4 rings (SSSR count). The molecule has 0 spiro atoms. The molecular weight excluding hydrogens is 438 g/mol. The molecule has 2 N–H and O–H groups in total. The van der Waals surface area contributed by atoms with Crippen LogP contribution in [0.5, 0.6) is 0 Å². The minimum Gasteiger partial charge on any atom is -0.368 e. The van der Waals surface area contributed by atoms with Gasteiger partial charge in [0.1, 0.15) is 6.04 Å². The van der Waals surface area contributed by atoms with Gasteiger partial charge in [0.05, 0.1) is 0 Å². The number of primary amides is 1. The van der Waals surface area contributed by atoms with Crippen LogP contribution in [0.4, 0.5) is 0 Å². The van der Waals surface area contributed by atoms with E-state index >= 15 is 0 Å². The smallest absolute Gasteiger partial charge is 0.240 e. The number of nitrogens with zero attached hydrogens (tertiary/aromatic N) is 2. The molecule has 0 radical (unpaired) electrons. The van der Waals surface area contributed by atoms with Gasteiger partial charge in [-0.15, -0.1) is 0 Å². The molecule has 33 heavy (non-hydrogen) atoms. The summed E-state index contributed by atoms with van der Waals surface area (Å²) in [7, 11) is 0. The lowest BCUT2D eigenvalue weighted by atomic mass is 9.82. The summed E-state index contributed by atoms with van der Waals surface area (Å²) in [6, 6.07) is 14.9. The van der Waals surface area contributed by atoms with Crippen LogP contribution in [0.25, 0.3) is 0 Å². The summed E-state index contributed by atoms with van der Waals surface area (Å²) in [4.78, 5) is 41.0. The third-order valence-corrected chi connectivity index (χ3v) is 7.07. The monoisotopic (exact) mass is 467 g/mol. The van der Waals surface area contributed by atoms with E-state index in [1.54, 1.807) is 4.90 Å². The Morgan fingerprint density at radius 3 is 2.52 bits per heavy atom. The number of carbonyl (C=O) groups is 3. The molecule has 0 aliphatic carbocycles. The highest BCUT2D eigenvalue weighted by Crippen LogP contribution is 2.34. The van der Waals surface area contributed by atoms with Crippen LogP contribution in [0, 0.1) is 0 Å². The summed E-state index contributed by atoms with van der Waals surface area (Å²) in [5.74, 6) is -0.201. The normalized spacial score (nSPS) is 20.8. The average Bonchev–Trinajstić information content (AvgIpc) is 3.22. The Hall–Kier alpha value is -2.86. The molecule has 2 fully saturated rings. The highest BCUT2D eigenvalue weighted by molar-refractivity contribution is 6.30. The zero-order valence-corrected chi connectivity index (χ0v) is 19.5. The van der Waals surface area contributed by atoms with E-state index in [4.69, 9.17) is 17.3 Å². The first-order valence-corrected chi connectivity index (χ1v) is 12.0. The van der Waals surface area contributed by atoms with E-state index < -0.39 is 11.9 Å². The largest absolute Gasteiger partial charge is 0.368 e. The fourth-order valence-electron chi connectivity index (χ4n) is 5.02. The number of aryl methyl sites for hydroxylation is 1. The number of piperidine rings is 1. The van der Waals surface area contributed by atoms with Crippen LogP contribution in [0.15, 0.2) is 48.5 Å². The van der Waals surface area contributed by atoms with Gasteiger partial charge in [-0.1, -0.05) is 48.0 Å². The van der Waals surface area contributed by atoms with E-state index in [1.807, 2.05) is 41.3 Å². The standard InChI is InChI=1S/C26H30ClN3O3/c27-21-10-7-18(8-11-21)9-12-25(32)30-15-13-19(16-23(30)26(28)33)22-5-2-1-4-20(22)17-29-14-3-6-24(29)31/h1-2,4-5,7-8,10-11,19,23H,3,6,9,12-17H2,(H2,28,33). The summed E-state index contributed by atoms with van der Waals surface area (Å²) >= 11 is 5.93. The minimum absolute atomic E-state index is 0.0526. The molecule has 0 bridgehead atoms. The molecule has 7 heteroatoms. The van der Waals surface area contributed by atoms with Gasteiger partial charge in [0.2, 0.25) is 17.7 Å². The third kappa shape index (κ3) is 5.56. The second kappa shape index (κ2) is 10.4. The van der Waals surface area contributed by atoms with Crippen molar-refractivity contribution in [1.82, 2.24) is 9.80 Å². The predicted octanol–water partition coefficient (Wildman–Crippen LogP) is 3.66. The van der Waals surface area contributed by atoms with E-state index in [1.165, 1.54) is 0 Å². The van der Waals surface area contributed by atoms with Crippen LogP contribution in [-0.4, -0.2) is 46.7 Å². The summed E-state index contributed by atoms with van der Waals surface area (Å²) in [5, 5.41) is 0.662. The van der Waals surface area contributed by atoms with Gasteiger partial charge in [0.25, 0.3) is 0 Å². The first-order chi connectivity index (χ1) is 15.9. The van der Waals surface area contributed by atoms with Crippen LogP contribution in [0.1, 0.15) is 54.7 Å². The van der Waals surface area contributed by atoms with Gasteiger partial charge in [0, 0.05) is 37.5 Å². The maximum Gasteiger partial charge on any atom is 0.240 e. The van der Waals surface area contributed by atoms with Gasteiger partial charge in [-0.25, -0.2) is 0 Å². The minimum atomic E-state index is -0.622.